The number of nitrogens with one attached hydrogen (secondary N) is 1. The molecule has 1 rings (SSSR count). The predicted octanol–water partition coefficient (Wildman–Crippen LogP) is 0.0976. The number of nitrogens with zero attached hydrogens (tertiary/aromatic N) is 2. The summed E-state index contributed by atoms with van der Waals surface area (Å²) in [6, 6.07) is -0.354. The highest BCUT2D eigenvalue weighted by Gasteiger charge is 2.14. The molecule has 14 heavy (non-hydrogen) atoms. The van der Waals surface area contributed by atoms with Crippen LogP contribution in [0.5, 0.6) is 0 Å². The lowest BCUT2D eigenvalue weighted by Crippen LogP contribution is -2.36. The number of rotatable bonds is 2. The Bertz CT molecular complexity index is 471. The van der Waals surface area contributed by atoms with Crippen molar-refractivity contribution < 1.29 is 0 Å². The first kappa shape index (κ1) is 10.2. The molecule has 0 aromatic carbocycles. The average molecular weight is 198 g/mol. The molecule has 7 nitrogen and oxygen atoms in total. The highest BCUT2D eigenvalue weighted by Crippen LogP contribution is 2.11. The molecule has 1 aromatic heterocycles. The van der Waals surface area contributed by atoms with Gasteiger partial charge in [-0.05, 0) is 19.0 Å². The van der Waals surface area contributed by atoms with Crippen LogP contribution < -0.4 is 17.0 Å². The Morgan fingerprint density at radius 2 is 2.00 bits per heavy atom. The van der Waals surface area contributed by atoms with E-state index in [4.69, 9.17) is 5.73 Å². The Balaban J connectivity index is 3.70. The van der Waals surface area contributed by atoms with Gasteiger partial charge in [0.15, 0.2) is 0 Å². The minimum absolute atomic E-state index is 0.299. The summed E-state index contributed by atoms with van der Waals surface area (Å²) in [7, 11) is 0. The molecule has 0 bridgehead atoms. The third-order valence-corrected chi connectivity index (χ3v) is 1.74. The molecule has 0 aliphatic rings. The Kier molecular flexibility index (Phi) is 2.50. The lowest BCUT2D eigenvalue weighted by atomic mass is 10.3. The van der Waals surface area contributed by atoms with Gasteiger partial charge in [0.05, 0.1) is 0 Å². The lowest BCUT2D eigenvalue weighted by Gasteiger charge is -2.08. The molecule has 0 unspecified atom stereocenters. The van der Waals surface area contributed by atoms with E-state index in [9.17, 15) is 14.5 Å². The Morgan fingerprint density at radius 1 is 1.43 bits per heavy atom. The zero-order chi connectivity index (χ0) is 10.9. The van der Waals surface area contributed by atoms with Crippen molar-refractivity contribution in [2.45, 2.75) is 19.9 Å². The maximum absolute atomic E-state index is 11.5. The van der Waals surface area contributed by atoms with Crippen molar-refractivity contribution in [3.63, 3.8) is 0 Å². The number of H-pyrrole nitrogens is 1. The maximum atomic E-state index is 11.5. The van der Waals surface area contributed by atoms with Crippen LogP contribution in [0.25, 0.3) is 0 Å². The minimum atomic E-state index is -0.767. The molecule has 0 atom stereocenters. The molecule has 3 N–H and O–H groups in total. The topological polar surface area (TPSA) is 110 Å². The molecule has 0 aliphatic carbocycles. The second-order valence-corrected chi connectivity index (χ2v) is 3.05. The van der Waals surface area contributed by atoms with Crippen molar-refractivity contribution in [1.82, 2.24) is 9.55 Å². The Hall–Kier alpha value is -1.92. The standard InChI is InChI=1S/C7H10N4O3/c1-3(2)11-6(12)4(10-14)5(8)9-7(11)13/h3H,8H2,1-2H3,(H,9,13). The van der Waals surface area contributed by atoms with E-state index in [0.29, 0.717) is 0 Å². The summed E-state index contributed by atoms with van der Waals surface area (Å²) < 4.78 is 0.882. The first-order valence-electron chi connectivity index (χ1n) is 3.96. The highest BCUT2D eigenvalue weighted by atomic mass is 16.3. The van der Waals surface area contributed by atoms with Gasteiger partial charge in [0.1, 0.15) is 5.82 Å². The van der Waals surface area contributed by atoms with E-state index in [1.54, 1.807) is 13.8 Å². The molecular weight excluding hydrogens is 188 g/mol. The summed E-state index contributed by atoms with van der Waals surface area (Å²) in [6.07, 6.45) is 0. The van der Waals surface area contributed by atoms with Gasteiger partial charge in [0.2, 0.25) is 5.69 Å². The number of nitroso groups, excluding NO2 is 1. The van der Waals surface area contributed by atoms with Gasteiger partial charge in [0, 0.05) is 6.04 Å². The van der Waals surface area contributed by atoms with Gasteiger partial charge >= 0.3 is 5.69 Å². The Morgan fingerprint density at radius 3 is 2.43 bits per heavy atom. The quantitative estimate of drug-likeness (QED) is 0.656. The van der Waals surface area contributed by atoms with Gasteiger partial charge in [-0.3, -0.25) is 14.3 Å². The van der Waals surface area contributed by atoms with Crippen molar-refractivity contribution in [2.75, 3.05) is 5.73 Å². The molecule has 0 saturated heterocycles. The Labute approximate surface area is 78.5 Å². The van der Waals surface area contributed by atoms with Crippen LogP contribution in [0.2, 0.25) is 0 Å². The van der Waals surface area contributed by atoms with Crippen LogP contribution in [-0.2, 0) is 0 Å². The number of anilines is 1. The van der Waals surface area contributed by atoms with E-state index in [2.05, 4.69) is 10.2 Å². The second-order valence-electron chi connectivity index (χ2n) is 3.05. The van der Waals surface area contributed by atoms with Crippen molar-refractivity contribution >= 4 is 11.5 Å². The van der Waals surface area contributed by atoms with Crippen molar-refractivity contribution in [2.24, 2.45) is 5.18 Å². The molecule has 0 amide bonds. The third-order valence-electron chi connectivity index (χ3n) is 1.74. The smallest absolute Gasteiger partial charge is 0.330 e. The van der Waals surface area contributed by atoms with Crippen LogP contribution in [0.4, 0.5) is 11.5 Å². The normalized spacial score (nSPS) is 10.5. The van der Waals surface area contributed by atoms with Gasteiger partial charge in [-0.1, -0.05) is 0 Å². The second kappa shape index (κ2) is 3.44. The van der Waals surface area contributed by atoms with Crippen molar-refractivity contribution in [3.05, 3.63) is 25.7 Å². The van der Waals surface area contributed by atoms with Gasteiger partial charge < -0.3 is 5.73 Å². The molecular formula is C7H10N4O3. The summed E-state index contributed by atoms with van der Waals surface area (Å²) in [4.78, 5) is 35.1. The molecule has 0 spiro atoms. The molecule has 0 aliphatic heterocycles. The van der Waals surface area contributed by atoms with Crippen LogP contribution >= 0.6 is 0 Å². The van der Waals surface area contributed by atoms with Gasteiger partial charge in [-0.25, -0.2) is 4.79 Å². The zero-order valence-corrected chi connectivity index (χ0v) is 7.77. The van der Waals surface area contributed by atoms with Crippen LogP contribution in [0.15, 0.2) is 14.8 Å². The van der Waals surface area contributed by atoms with Gasteiger partial charge in [0.25, 0.3) is 5.56 Å². The van der Waals surface area contributed by atoms with Crippen molar-refractivity contribution in [3.8, 4) is 0 Å². The maximum Gasteiger partial charge on any atom is 0.330 e. The summed E-state index contributed by atoms with van der Waals surface area (Å²) in [6.45, 7) is 3.28. The largest absolute Gasteiger partial charge is 0.383 e. The molecule has 0 fully saturated rings. The minimum Gasteiger partial charge on any atom is -0.383 e. The lowest BCUT2D eigenvalue weighted by molar-refractivity contribution is 0.548. The molecule has 1 aromatic rings. The first-order chi connectivity index (χ1) is 6.49. The summed E-state index contributed by atoms with van der Waals surface area (Å²) in [5.41, 5.74) is 3.37. The molecule has 0 saturated carbocycles. The summed E-state index contributed by atoms with van der Waals surface area (Å²) in [5, 5.41) is 2.48. The SMILES string of the molecule is CC(C)n1c(=O)[nH]c(N)c(N=O)c1=O. The number of nitrogens with two attached hydrogens (primary N) is 1. The molecule has 7 heteroatoms. The van der Waals surface area contributed by atoms with E-state index < -0.39 is 16.9 Å². The number of aromatic nitrogens is 2. The summed E-state index contributed by atoms with van der Waals surface area (Å²) in [5.74, 6) is -0.299. The monoisotopic (exact) mass is 198 g/mol. The van der Waals surface area contributed by atoms with Gasteiger partial charge in [-0.2, -0.15) is 0 Å². The van der Waals surface area contributed by atoms with Crippen LogP contribution in [0.1, 0.15) is 19.9 Å². The number of nitrogen functional groups attached to an aromatic ring is 1. The predicted molar refractivity (Wildman–Crippen MR) is 51.6 cm³/mol. The van der Waals surface area contributed by atoms with E-state index in [-0.39, 0.29) is 11.9 Å². The molecule has 1 heterocycles. The van der Waals surface area contributed by atoms with Crippen LogP contribution in [0, 0.1) is 4.91 Å². The van der Waals surface area contributed by atoms with E-state index >= 15 is 0 Å². The van der Waals surface area contributed by atoms with Crippen LogP contribution in [-0.4, -0.2) is 9.55 Å². The third kappa shape index (κ3) is 1.43. The average Bonchev–Trinajstić information content (AvgIpc) is 2.02. The fraction of sp³-hybridized carbons (Fsp3) is 0.429. The summed E-state index contributed by atoms with van der Waals surface area (Å²) >= 11 is 0. The number of hydrogen-bond acceptors (Lipinski definition) is 5. The van der Waals surface area contributed by atoms with E-state index in [1.165, 1.54) is 0 Å². The number of hydrogen-bond donors (Lipinski definition) is 2. The zero-order valence-electron chi connectivity index (χ0n) is 7.77. The number of aromatic amines is 1. The fourth-order valence-electron chi connectivity index (χ4n) is 1.11. The van der Waals surface area contributed by atoms with Crippen molar-refractivity contribution in [1.29, 1.82) is 0 Å². The van der Waals surface area contributed by atoms with E-state index in [1.807, 2.05) is 0 Å². The fourth-order valence-corrected chi connectivity index (χ4v) is 1.11. The first-order valence-corrected chi connectivity index (χ1v) is 3.96. The van der Waals surface area contributed by atoms with E-state index in [0.717, 1.165) is 4.57 Å². The molecule has 76 valence electrons. The van der Waals surface area contributed by atoms with Gasteiger partial charge in [-0.15, -0.1) is 4.91 Å². The molecule has 0 radical (unpaired) electrons. The van der Waals surface area contributed by atoms with Crippen LogP contribution in [0.3, 0.4) is 0 Å². The highest BCUT2D eigenvalue weighted by molar-refractivity contribution is 5.54.